The number of nitrogens with zero attached hydrogens (tertiary/aromatic N) is 5. The smallest absolute Gasteiger partial charge is 0.393 e. The summed E-state index contributed by atoms with van der Waals surface area (Å²) in [5, 5.41) is 3.76. The quantitative estimate of drug-likeness (QED) is 0.356. The summed E-state index contributed by atoms with van der Waals surface area (Å²) < 4.78 is 74.0. The molecule has 0 saturated carbocycles. The van der Waals surface area contributed by atoms with Crippen molar-refractivity contribution in [1.29, 1.82) is 0 Å². The zero-order valence-electron chi connectivity index (χ0n) is 24.5. The fourth-order valence-electron chi connectivity index (χ4n) is 7.06. The Balaban J connectivity index is 0.000000323. The molecule has 0 amide bonds. The van der Waals surface area contributed by atoms with Gasteiger partial charge in [-0.15, -0.1) is 0 Å². The Labute approximate surface area is 257 Å². The van der Waals surface area contributed by atoms with Crippen LogP contribution in [0.2, 0.25) is 5.02 Å². The predicted molar refractivity (Wildman–Crippen MR) is 159 cm³/mol. The zero-order chi connectivity index (χ0) is 31.3. The summed E-state index contributed by atoms with van der Waals surface area (Å²) in [7, 11) is 1.37. The van der Waals surface area contributed by atoms with E-state index in [0.717, 1.165) is 25.8 Å². The maximum Gasteiger partial charge on any atom is 0.393 e. The van der Waals surface area contributed by atoms with E-state index in [9.17, 15) is 17.6 Å². The monoisotopic (exact) mass is 639 g/mol. The van der Waals surface area contributed by atoms with Gasteiger partial charge >= 0.3 is 12.2 Å². The molecule has 0 spiro atoms. The molecule has 1 aromatic carbocycles. The Morgan fingerprint density at radius 2 is 1.82 bits per heavy atom. The predicted octanol–water partition coefficient (Wildman–Crippen LogP) is 5.62. The summed E-state index contributed by atoms with van der Waals surface area (Å²) in [5.41, 5.74) is 5.19. The summed E-state index contributed by atoms with van der Waals surface area (Å²) in [4.78, 5) is 17.0. The molecule has 3 aromatic rings. The fraction of sp³-hybridized carbons (Fsp3) is 0.567. The van der Waals surface area contributed by atoms with Gasteiger partial charge in [-0.1, -0.05) is 11.6 Å². The van der Waals surface area contributed by atoms with Crippen molar-refractivity contribution in [2.45, 2.75) is 75.9 Å². The third-order valence-electron chi connectivity index (χ3n) is 8.98. The molecule has 0 radical (unpaired) electrons. The van der Waals surface area contributed by atoms with Crippen molar-refractivity contribution in [3.63, 3.8) is 0 Å². The number of nitrogens with two attached hydrogens (primary N) is 1. The Kier molecular flexibility index (Phi) is 8.48. The summed E-state index contributed by atoms with van der Waals surface area (Å²) in [6, 6.07) is 3.92. The van der Waals surface area contributed by atoms with Crippen LogP contribution in [0.3, 0.4) is 0 Å². The SMILES string of the molecule is COc1nc(N2CC3CCC(C2)N3)c2cc(Cl)c(-c3nc(N)cc(C)c3CC(F)(F)F)c(F)c2n1.FC1CC2CCCN2C1. The third kappa shape index (κ3) is 6.23. The normalized spacial score (nSPS) is 24.9. The number of ether oxygens (including phenoxy) is 1. The minimum atomic E-state index is -4.54. The number of alkyl halides is 4. The van der Waals surface area contributed by atoms with E-state index in [2.05, 4.69) is 25.2 Å². The van der Waals surface area contributed by atoms with Crippen molar-refractivity contribution in [2.24, 2.45) is 0 Å². The first-order valence-corrected chi connectivity index (χ1v) is 15.2. The zero-order valence-corrected chi connectivity index (χ0v) is 25.3. The van der Waals surface area contributed by atoms with Gasteiger partial charge in [-0.05, 0) is 68.8 Å². The van der Waals surface area contributed by atoms with Gasteiger partial charge in [0.1, 0.15) is 23.3 Å². The summed E-state index contributed by atoms with van der Waals surface area (Å²) in [6.45, 7) is 4.66. The maximum absolute atomic E-state index is 16.1. The van der Waals surface area contributed by atoms with Crippen molar-refractivity contribution < 1.29 is 26.7 Å². The molecule has 8 nitrogen and oxygen atoms in total. The van der Waals surface area contributed by atoms with Crippen LogP contribution in [-0.4, -0.2) is 83.6 Å². The van der Waals surface area contributed by atoms with E-state index < -0.39 is 24.6 Å². The van der Waals surface area contributed by atoms with Crippen LogP contribution in [0.5, 0.6) is 6.01 Å². The van der Waals surface area contributed by atoms with E-state index >= 15 is 4.39 Å². The van der Waals surface area contributed by atoms with E-state index in [-0.39, 0.29) is 56.8 Å². The van der Waals surface area contributed by atoms with E-state index in [1.54, 1.807) is 0 Å². The number of nitrogens with one attached hydrogen (secondary N) is 1. The summed E-state index contributed by atoms with van der Waals surface area (Å²) in [6.07, 6.45) is -0.978. The van der Waals surface area contributed by atoms with Gasteiger partial charge in [0, 0.05) is 43.1 Å². The number of hydrogen-bond acceptors (Lipinski definition) is 8. The highest BCUT2D eigenvalue weighted by atomic mass is 35.5. The minimum Gasteiger partial charge on any atom is -0.467 e. The molecule has 4 fully saturated rings. The van der Waals surface area contributed by atoms with E-state index in [1.807, 2.05) is 4.90 Å². The van der Waals surface area contributed by atoms with Crippen LogP contribution in [0.4, 0.5) is 33.6 Å². The number of fused-ring (bicyclic) bond motifs is 4. The molecule has 4 unspecified atom stereocenters. The Bertz CT molecular complexity index is 1530. The lowest BCUT2D eigenvalue weighted by Gasteiger charge is -2.34. The van der Waals surface area contributed by atoms with Gasteiger partial charge in [-0.3, -0.25) is 4.90 Å². The number of rotatable bonds is 4. The molecule has 6 heterocycles. The second-order valence-electron chi connectivity index (χ2n) is 12.1. The number of hydrogen-bond donors (Lipinski definition) is 2. The Morgan fingerprint density at radius 1 is 1.09 bits per heavy atom. The van der Waals surface area contributed by atoms with Crippen LogP contribution in [0.1, 0.15) is 43.2 Å². The number of piperazine rings is 1. The first kappa shape index (κ1) is 31.0. The number of halogens is 6. The molecular formula is C30H35ClF5N7O. The third-order valence-corrected chi connectivity index (χ3v) is 9.28. The lowest BCUT2D eigenvalue weighted by Crippen LogP contribution is -2.51. The van der Waals surface area contributed by atoms with Crippen molar-refractivity contribution in [3.8, 4) is 17.3 Å². The number of nitrogen functional groups attached to an aromatic ring is 1. The lowest BCUT2D eigenvalue weighted by molar-refractivity contribution is -0.127. The molecule has 44 heavy (non-hydrogen) atoms. The van der Waals surface area contributed by atoms with E-state index in [4.69, 9.17) is 22.1 Å². The van der Waals surface area contributed by atoms with Crippen LogP contribution in [0, 0.1) is 12.7 Å². The molecule has 4 saturated heterocycles. The molecule has 2 aromatic heterocycles. The minimum absolute atomic E-state index is 0.0452. The van der Waals surface area contributed by atoms with Crippen molar-refractivity contribution in [2.75, 3.05) is 43.9 Å². The molecule has 4 aliphatic rings. The lowest BCUT2D eigenvalue weighted by atomic mass is 9.97. The fourth-order valence-corrected chi connectivity index (χ4v) is 7.34. The van der Waals surface area contributed by atoms with Crippen LogP contribution >= 0.6 is 11.6 Å². The van der Waals surface area contributed by atoms with Gasteiger partial charge in [-0.2, -0.15) is 23.1 Å². The average molecular weight is 640 g/mol. The van der Waals surface area contributed by atoms with Crippen LogP contribution in [0.15, 0.2) is 12.1 Å². The highest BCUT2D eigenvalue weighted by Gasteiger charge is 2.36. The highest BCUT2D eigenvalue weighted by molar-refractivity contribution is 6.34. The Morgan fingerprint density at radius 3 is 2.48 bits per heavy atom. The largest absolute Gasteiger partial charge is 0.467 e. The molecule has 14 heteroatoms. The van der Waals surface area contributed by atoms with Crippen molar-refractivity contribution >= 4 is 34.1 Å². The second kappa shape index (κ2) is 12.1. The first-order valence-electron chi connectivity index (χ1n) is 14.9. The molecule has 7 rings (SSSR count). The van der Waals surface area contributed by atoms with Gasteiger partial charge in [-0.25, -0.2) is 13.8 Å². The highest BCUT2D eigenvalue weighted by Crippen LogP contribution is 2.42. The number of pyridine rings is 1. The van der Waals surface area contributed by atoms with Gasteiger partial charge in [0.15, 0.2) is 5.82 Å². The summed E-state index contributed by atoms with van der Waals surface area (Å²) >= 11 is 6.53. The van der Waals surface area contributed by atoms with E-state index in [0.29, 0.717) is 36.9 Å². The first-order chi connectivity index (χ1) is 20.9. The Hall–Kier alpha value is -3.03. The van der Waals surface area contributed by atoms with Gasteiger partial charge < -0.3 is 20.7 Å². The maximum atomic E-state index is 16.1. The number of anilines is 2. The summed E-state index contributed by atoms with van der Waals surface area (Å²) in [5.74, 6) is -0.491. The van der Waals surface area contributed by atoms with Gasteiger partial charge in [0.05, 0.1) is 29.8 Å². The molecular weight excluding hydrogens is 605 g/mol. The molecule has 2 bridgehead atoms. The number of benzene rings is 1. The van der Waals surface area contributed by atoms with E-state index in [1.165, 1.54) is 39.0 Å². The van der Waals surface area contributed by atoms with Gasteiger partial charge in [0.2, 0.25) is 0 Å². The van der Waals surface area contributed by atoms with Crippen molar-refractivity contribution in [1.82, 2.24) is 25.2 Å². The molecule has 4 aliphatic heterocycles. The molecule has 238 valence electrons. The molecule has 0 aliphatic carbocycles. The average Bonchev–Trinajstić information content (AvgIpc) is 3.64. The number of methoxy groups -OCH3 is 1. The number of aryl methyl sites for hydroxylation is 1. The number of aromatic nitrogens is 3. The van der Waals surface area contributed by atoms with Crippen LogP contribution < -0.4 is 20.7 Å². The van der Waals surface area contributed by atoms with Gasteiger partial charge in [0.25, 0.3) is 0 Å². The standard InChI is InChI=1S/C23H23ClF4N6O.C7H12FN/c1-10-5-16(29)31-19(14(10)7-23(26,27)28)17-15(24)6-13-20(18(17)25)32-22(35-2)33-21(13)34-8-11-3-4-12(9-34)30-11;8-6-4-7-2-1-3-9(7)5-6/h5-6,11-12,30H,3-4,7-9H2,1-2H3,(H2,29,31);6-7H,1-5H2. The van der Waals surface area contributed by atoms with Crippen LogP contribution in [0.25, 0.3) is 22.2 Å². The second-order valence-corrected chi connectivity index (χ2v) is 12.5. The van der Waals surface area contributed by atoms with Crippen molar-refractivity contribution in [3.05, 3.63) is 34.1 Å². The topological polar surface area (TPSA) is 92.4 Å². The van der Waals surface area contributed by atoms with Crippen LogP contribution in [-0.2, 0) is 6.42 Å². The molecule has 4 atom stereocenters. The molecule has 3 N–H and O–H groups in total.